The molecule has 32 heavy (non-hydrogen) atoms. The summed E-state index contributed by atoms with van der Waals surface area (Å²) in [4.78, 5) is 47.5. The number of hydrogen-bond acceptors (Lipinski definition) is 5. The summed E-state index contributed by atoms with van der Waals surface area (Å²) in [5, 5.41) is 5.98. The second-order valence-electron chi connectivity index (χ2n) is 7.94. The van der Waals surface area contributed by atoms with Gasteiger partial charge in [0.15, 0.2) is 0 Å². The second kappa shape index (κ2) is 9.59. The molecule has 3 heterocycles. The van der Waals surface area contributed by atoms with Crippen molar-refractivity contribution >= 4 is 11.8 Å². The Morgan fingerprint density at radius 2 is 1.94 bits per heavy atom. The van der Waals surface area contributed by atoms with Crippen molar-refractivity contribution in [3.05, 3.63) is 70.7 Å². The Hall–Kier alpha value is -3.75. The van der Waals surface area contributed by atoms with E-state index in [2.05, 4.69) is 20.2 Å². The number of aromatic amines is 2. The van der Waals surface area contributed by atoms with Crippen LogP contribution in [0.3, 0.4) is 0 Å². The molecule has 1 aromatic carbocycles. The maximum absolute atomic E-state index is 13.2. The van der Waals surface area contributed by atoms with Crippen LogP contribution in [0.15, 0.2) is 53.6 Å². The van der Waals surface area contributed by atoms with Crippen LogP contribution >= 0.6 is 0 Å². The van der Waals surface area contributed by atoms with E-state index >= 15 is 0 Å². The zero-order valence-electron chi connectivity index (χ0n) is 18.0. The van der Waals surface area contributed by atoms with Crippen molar-refractivity contribution in [1.82, 2.24) is 30.0 Å². The third-order valence-corrected chi connectivity index (χ3v) is 5.66. The Labute approximate surface area is 185 Å². The Kier molecular flexibility index (Phi) is 6.44. The minimum absolute atomic E-state index is 0.0361. The molecule has 2 aromatic heterocycles. The van der Waals surface area contributed by atoms with Crippen LogP contribution in [-0.4, -0.2) is 68.0 Å². The number of amides is 2. The number of carbonyl (C=O) groups is 2. The first-order valence-electron chi connectivity index (χ1n) is 10.8. The highest BCUT2D eigenvalue weighted by Crippen LogP contribution is 2.22. The van der Waals surface area contributed by atoms with Crippen molar-refractivity contribution in [1.29, 1.82) is 0 Å². The van der Waals surface area contributed by atoms with Crippen LogP contribution in [0, 0.1) is 5.92 Å². The van der Waals surface area contributed by atoms with Gasteiger partial charge in [-0.3, -0.25) is 19.6 Å². The van der Waals surface area contributed by atoms with Gasteiger partial charge in [0, 0.05) is 38.6 Å². The molecule has 2 amide bonds. The molecule has 1 fully saturated rings. The van der Waals surface area contributed by atoms with E-state index in [1.54, 1.807) is 11.1 Å². The fourth-order valence-electron chi connectivity index (χ4n) is 4.05. The summed E-state index contributed by atoms with van der Waals surface area (Å²) in [6.07, 6.45) is 4.92. The minimum atomic E-state index is -0.530. The zero-order valence-corrected chi connectivity index (χ0v) is 18.0. The Morgan fingerprint density at radius 1 is 1.12 bits per heavy atom. The van der Waals surface area contributed by atoms with Gasteiger partial charge in [-0.15, -0.1) is 5.10 Å². The minimum Gasteiger partial charge on any atom is -0.341 e. The van der Waals surface area contributed by atoms with Crippen molar-refractivity contribution in [3.8, 4) is 11.1 Å². The molecular weight excluding hydrogens is 408 g/mol. The number of hydrogen-bond donors (Lipinski definition) is 2. The van der Waals surface area contributed by atoms with Crippen molar-refractivity contribution in [2.75, 3.05) is 26.2 Å². The Morgan fingerprint density at radius 3 is 2.59 bits per heavy atom. The average molecular weight is 435 g/mol. The zero-order chi connectivity index (χ0) is 22.5. The molecule has 4 rings (SSSR count). The molecule has 2 N–H and O–H groups in total. The highest BCUT2D eigenvalue weighted by Gasteiger charge is 2.33. The van der Waals surface area contributed by atoms with E-state index in [1.807, 2.05) is 54.4 Å². The SMILES string of the molecule is CCCN1CCN(C(=O)c2n[nH]c(=O)[nH]2)C[C@H](Cc2ccc(-c3cccnc3)cc2)C1=O. The van der Waals surface area contributed by atoms with E-state index in [0.29, 0.717) is 26.1 Å². The van der Waals surface area contributed by atoms with Crippen molar-refractivity contribution < 1.29 is 9.59 Å². The lowest BCUT2D eigenvalue weighted by Gasteiger charge is -2.23. The third-order valence-electron chi connectivity index (χ3n) is 5.66. The number of pyridine rings is 1. The Bertz CT molecular complexity index is 1120. The largest absolute Gasteiger partial charge is 0.341 e. The number of nitrogens with zero attached hydrogens (tertiary/aromatic N) is 4. The van der Waals surface area contributed by atoms with Gasteiger partial charge in [-0.2, -0.15) is 0 Å². The molecule has 1 saturated heterocycles. The third kappa shape index (κ3) is 4.77. The molecular formula is C23H26N6O3. The van der Waals surface area contributed by atoms with Crippen LogP contribution in [0.1, 0.15) is 29.5 Å². The first-order valence-corrected chi connectivity index (χ1v) is 10.8. The van der Waals surface area contributed by atoms with Gasteiger partial charge in [0.1, 0.15) is 0 Å². The summed E-state index contributed by atoms with van der Waals surface area (Å²) in [5.41, 5.74) is 2.58. The molecule has 9 heteroatoms. The first kappa shape index (κ1) is 21.5. The van der Waals surface area contributed by atoms with E-state index in [-0.39, 0.29) is 30.1 Å². The normalized spacial score (nSPS) is 16.8. The molecule has 1 aliphatic rings. The van der Waals surface area contributed by atoms with Crippen LogP contribution in [0.2, 0.25) is 0 Å². The van der Waals surface area contributed by atoms with E-state index in [4.69, 9.17) is 0 Å². The number of aromatic nitrogens is 4. The number of carbonyl (C=O) groups excluding carboxylic acids is 2. The predicted octanol–water partition coefficient (Wildman–Crippen LogP) is 1.71. The maximum Gasteiger partial charge on any atom is 0.341 e. The highest BCUT2D eigenvalue weighted by molar-refractivity contribution is 5.91. The predicted molar refractivity (Wildman–Crippen MR) is 119 cm³/mol. The lowest BCUT2D eigenvalue weighted by molar-refractivity contribution is -0.134. The average Bonchev–Trinajstić information content (AvgIpc) is 3.20. The standard InChI is InChI=1S/C23H26N6O3/c1-2-10-28-11-12-29(22(31)20-25-23(32)27-26-20)15-19(21(28)30)13-16-5-7-17(8-6-16)18-4-3-9-24-14-18/h3-9,14,19H,2,10-13,15H2,1H3,(H2,25,26,27,32)/t19-/m0/s1. The summed E-state index contributed by atoms with van der Waals surface area (Å²) < 4.78 is 0. The Balaban J connectivity index is 1.54. The van der Waals surface area contributed by atoms with Crippen molar-refractivity contribution in [3.63, 3.8) is 0 Å². The summed E-state index contributed by atoms with van der Waals surface area (Å²) in [7, 11) is 0. The van der Waals surface area contributed by atoms with E-state index in [9.17, 15) is 14.4 Å². The fourth-order valence-corrected chi connectivity index (χ4v) is 4.05. The smallest absolute Gasteiger partial charge is 0.341 e. The fraction of sp³-hybridized carbons (Fsp3) is 0.348. The molecule has 0 radical (unpaired) electrons. The van der Waals surface area contributed by atoms with Crippen molar-refractivity contribution in [2.24, 2.45) is 5.92 Å². The van der Waals surface area contributed by atoms with Gasteiger partial charge in [0.2, 0.25) is 11.7 Å². The van der Waals surface area contributed by atoms with Gasteiger partial charge < -0.3 is 9.80 Å². The molecule has 0 spiro atoms. The van der Waals surface area contributed by atoms with E-state index in [1.165, 1.54) is 0 Å². The van der Waals surface area contributed by atoms with Crippen LogP contribution in [0.25, 0.3) is 11.1 Å². The van der Waals surface area contributed by atoms with Gasteiger partial charge >= 0.3 is 5.69 Å². The van der Waals surface area contributed by atoms with Crippen molar-refractivity contribution in [2.45, 2.75) is 19.8 Å². The van der Waals surface area contributed by atoms with Crippen LogP contribution < -0.4 is 5.69 Å². The lowest BCUT2D eigenvalue weighted by atomic mass is 9.96. The molecule has 0 unspecified atom stereocenters. The van der Waals surface area contributed by atoms with E-state index in [0.717, 1.165) is 23.1 Å². The van der Waals surface area contributed by atoms with Crippen LogP contribution in [0.4, 0.5) is 0 Å². The number of H-pyrrole nitrogens is 2. The molecule has 0 saturated carbocycles. The number of rotatable bonds is 6. The van der Waals surface area contributed by atoms with Crippen LogP contribution in [-0.2, 0) is 11.2 Å². The van der Waals surface area contributed by atoms with Gasteiger partial charge in [0.05, 0.1) is 5.92 Å². The second-order valence-corrected chi connectivity index (χ2v) is 7.94. The molecule has 1 aliphatic heterocycles. The topological polar surface area (TPSA) is 115 Å². The molecule has 9 nitrogen and oxygen atoms in total. The molecule has 1 atom stereocenters. The summed E-state index contributed by atoms with van der Waals surface area (Å²) in [5.74, 6) is -0.741. The number of benzene rings is 1. The monoisotopic (exact) mass is 434 g/mol. The highest BCUT2D eigenvalue weighted by atomic mass is 16.2. The van der Waals surface area contributed by atoms with Gasteiger partial charge in [-0.05, 0) is 35.6 Å². The first-order chi connectivity index (χ1) is 15.5. The molecule has 166 valence electrons. The van der Waals surface area contributed by atoms with Gasteiger partial charge in [0.25, 0.3) is 5.91 Å². The van der Waals surface area contributed by atoms with Crippen LogP contribution in [0.5, 0.6) is 0 Å². The number of nitrogens with one attached hydrogen (secondary N) is 2. The summed E-state index contributed by atoms with van der Waals surface area (Å²) >= 11 is 0. The summed E-state index contributed by atoms with van der Waals surface area (Å²) in [6.45, 7) is 3.81. The maximum atomic E-state index is 13.2. The van der Waals surface area contributed by atoms with Gasteiger partial charge in [-0.1, -0.05) is 37.3 Å². The summed E-state index contributed by atoms with van der Waals surface area (Å²) in [6, 6.07) is 12.0. The molecule has 3 aromatic rings. The molecule has 0 bridgehead atoms. The molecule has 0 aliphatic carbocycles. The lowest BCUT2D eigenvalue weighted by Crippen LogP contribution is -2.38. The van der Waals surface area contributed by atoms with E-state index < -0.39 is 5.69 Å². The quantitative estimate of drug-likeness (QED) is 0.613. The van der Waals surface area contributed by atoms with Gasteiger partial charge in [-0.25, -0.2) is 9.89 Å².